The van der Waals surface area contributed by atoms with Gasteiger partial charge in [0.15, 0.2) is 17.4 Å². The van der Waals surface area contributed by atoms with Crippen molar-refractivity contribution in [3.63, 3.8) is 0 Å². The molecule has 0 aliphatic rings. The van der Waals surface area contributed by atoms with Crippen LogP contribution in [0.1, 0.15) is 18.4 Å². The van der Waals surface area contributed by atoms with E-state index in [0.717, 1.165) is 13.2 Å². The van der Waals surface area contributed by atoms with Crippen molar-refractivity contribution in [3.8, 4) is 5.75 Å². The summed E-state index contributed by atoms with van der Waals surface area (Å²) in [5.74, 6) is -5.11. The monoisotopic (exact) mass is 220 g/mol. The van der Waals surface area contributed by atoms with Gasteiger partial charge in [-0.2, -0.15) is 4.39 Å². The molecule has 1 aromatic rings. The molecule has 1 aromatic carbocycles. The van der Waals surface area contributed by atoms with Crippen LogP contribution >= 0.6 is 0 Å². The average molecular weight is 220 g/mol. The van der Waals surface area contributed by atoms with Crippen LogP contribution in [0.4, 0.5) is 13.2 Å². The largest absolute Gasteiger partial charge is 0.493 e. The summed E-state index contributed by atoms with van der Waals surface area (Å²) in [6.45, 7) is 1.25. The first-order chi connectivity index (χ1) is 7.02. The lowest BCUT2D eigenvalue weighted by Gasteiger charge is -2.14. The van der Waals surface area contributed by atoms with Crippen molar-refractivity contribution in [2.45, 2.75) is 12.8 Å². The normalized spacial score (nSPS) is 12.7. The van der Waals surface area contributed by atoms with Gasteiger partial charge in [0.25, 0.3) is 0 Å². The second-order valence-electron chi connectivity index (χ2n) is 3.19. The van der Waals surface area contributed by atoms with Crippen LogP contribution in [-0.2, 0) is 0 Å². The van der Waals surface area contributed by atoms with E-state index < -0.39 is 23.4 Å². The van der Waals surface area contributed by atoms with E-state index in [1.54, 1.807) is 6.92 Å². The van der Waals surface area contributed by atoms with Crippen molar-refractivity contribution in [3.05, 3.63) is 29.1 Å². The van der Waals surface area contributed by atoms with Crippen molar-refractivity contribution in [2.24, 2.45) is 0 Å². The number of ether oxygens (including phenoxy) is 1. The fraction of sp³-hybridized carbons (Fsp3) is 0.400. The number of halogens is 3. The summed E-state index contributed by atoms with van der Waals surface area (Å²) >= 11 is 0. The molecule has 0 aromatic heterocycles. The molecule has 0 radical (unpaired) electrons. The molecule has 0 aliphatic carbocycles. The zero-order valence-corrected chi connectivity index (χ0v) is 8.35. The zero-order chi connectivity index (χ0) is 11.6. The quantitative estimate of drug-likeness (QED) is 0.791. The van der Waals surface area contributed by atoms with Gasteiger partial charge in [0.1, 0.15) is 0 Å². The fourth-order valence-electron chi connectivity index (χ4n) is 1.27. The molecule has 0 saturated carbocycles. The van der Waals surface area contributed by atoms with Gasteiger partial charge in [0.05, 0.1) is 7.11 Å². The summed E-state index contributed by atoms with van der Waals surface area (Å²) < 4.78 is 43.6. The summed E-state index contributed by atoms with van der Waals surface area (Å²) in [5, 5.41) is 8.87. The lowest BCUT2D eigenvalue weighted by molar-refractivity contribution is 0.267. The van der Waals surface area contributed by atoms with E-state index in [1.165, 1.54) is 0 Å². The Morgan fingerprint density at radius 3 is 2.40 bits per heavy atom. The molecular formula is C10H11F3O2. The van der Waals surface area contributed by atoms with Crippen molar-refractivity contribution in [1.82, 2.24) is 0 Å². The summed E-state index contributed by atoms with van der Waals surface area (Å²) in [6, 6.07) is 0.831. The highest BCUT2D eigenvalue weighted by Crippen LogP contribution is 2.32. The van der Waals surface area contributed by atoms with Gasteiger partial charge >= 0.3 is 0 Å². The first-order valence-electron chi connectivity index (χ1n) is 4.35. The van der Waals surface area contributed by atoms with Gasteiger partial charge in [-0.25, -0.2) is 8.78 Å². The molecule has 1 unspecified atom stereocenters. The molecule has 0 fully saturated rings. The third-order valence-electron chi connectivity index (χ3n) is 2.16. The van der Waals surface area contributed by atoms with Gasteiger partial charge in [0.2, 0.25) is 5.82 Å². The second kappa shape index (κ2) is 4.53. The number of rotatable bonds is 3. The van der Waals surface area contributed by atoms with E-state index in [-0.39, 0.29) is 17.9 Å². The third kappa shape index (κ3) is 2.07. The molecule has 2 nitrogen and oxygen atoms in total. The highest BCUT2D eigenvalue weighted by Gasteiger charge is 2.22. The lowest BCUT2D eigenvalue weighted by Crippen LogP contribution is -2.06. The number of hydrogen-bond donors (Lipinski definition) is 1. The number of aliphatic hydroxyl groups excluding tert-OH is 1. The van der Waals surface area contributed by atoms with Crippen molar-refractivity contribution in [2.75, 3.05) is 13.7 Å². The van der Waals surface area contributed by atoms with Gasteiger partial charge in [-0.1, -0.05) is 6.92 Å². The molecule has 84 valence electrons. The predicted octanol–water partition coefficient (Wildman–Crippen LogP) is 2.21. The van der Waals surface area contributed by atoms with Crippen LogP contribution in [0.5, 0.6) is 5.75 Å². The van der Waals surface area contributed by atoms with Crippen LogP contribution in [0.15, 0.2) is 6.07 Å². The molecule has 0 bridgehead atoms. The highest BCUT2D eigenvalue weighted by atomic mass is 19.2. The number of benzene rings is 1. The Balaban J connectivity index is 3.38. The van der Waals surface area contributed by atoms with Gasteiger partial charge in [-0.05, 0) is 6.07 Å². The Hall–Kier alpha value is -1.23. The Kier molecular flexibility index (Phi) is 3.57. The van der Waals surface area contributed by atoms with Crippen molar-refractivity contribution < 1.29 is 23.0 Å². The summed E-state index contributed by atoms with van der Waals surface area (Å²) in [5.41, 5.74) is 0.108. The second-order valence-corrected chi connectivity index (χ2v) is 3.19. The number of aliphatic hydroxyl groups is 1. The van der Waals surface area contributed by atoms with Crippen LogP contribution in [0, 0.1) is 17.5 Å². The zero-order valence-electron chi connectivity index (χ0n) is 8.35. The Bertz CT molecular complexity index is 366. The average Bonchev–Trinajstić information content (AvgIpc) is 2.24. The highest BCUT2D eigenvalue weighted by molar-refractivity contribution is 5.38. The smallest absolute Gasteiger partial charge is 0.203 e. The maximum Gasteiger partial charge on any atom is 0.203 e. The van der Waals surface area contributed by atoms with E-state index in [9.17, 15) is 13.2 Å². The van der Waals surface area contributed by atoms with Gasteiger partial charge in [-0.3, -0.25) is 0 Å². The standard InChI is InChI=1S/C10H11F3O2/c1-5(4-14)6-3-7(11)8(12)9(13)10(6)15-2/h3,5,14H,4H2,1-2H3. The first-order valence-corrected chi connectivity index (χ1v) is 4.35. The van der Waals surface area contributed by atoms with Gasteiger partial charge in [0, 0.05) is 18.1 Å². The number of hydrogen-bond acceptors (Lipinski definition) is 2. The van der Waals surface area contributed by atoms with Gasteiger partial charge < -0.3 is 9.84 Å². The molecule has 1 N–H and O–H groups in total. The topological polar surface area (TPSA) is 29.5 Å². The SMILES string of the molecule is COc1c(C(C)CO)cc(F)c(F)c1F. The molecular weight excluding hydrogens is 209 g/mol. The van der Waals surface area contributed by atoms with E-state index >= 15 is 0 Å². The lowest BCUT2D eigenvalue weighted by atomic mass is 10.0. The molecule has 0 saturated heterocycles. The summed E-state index contributed by atoms with van der Waals surface area (Å²) in [7, 11) is 1.16. The molecule has 0 spiro atoms. The number of methoxy groups -OCH3 is 1. The van der Waals surface area contributed by atoms with Gasteiger partial charge in [-0.15, -0.1) is 0 Å². The molecule has 0 amide bonds. The minimum Gasteiger partial charge on any atom is -0.493 e. The Labute approximate surface area is 85.3 Å². The Morgan fingerprint density at radius 1 is 1.33 bits per heavy atom. The molecule has 1 atom stereocenters. The van der Waals surface area contributed by atoms with Crippen LogP contribution in [0.3, 0.4) is 0 Å². The summed E-state index contributed by atoms with van der Waals surface area (Å²) in [4.78, 5) is 0. The third-order valence-corrected chi connectivity index (χ3v) is 2.16. The Morgan fingerprint density at radius 2 is 1.93 bits per heavy atom. The van der Waals surface area contributed by atoms with Crippen LogP contribution in [0.2, 0.25) is 0 Å². The van der Waals surface area contributed by atoms with E-state index in [0.29, 0.717) is 0 Å². The van der Waals surface area contributed by atoms with E-state index in [1.807, 2.05) is 0 Å². The fourth-order valence-corrected chi connectivity index (χ4v) is 1.27. The first kappa shape index (κ1) is 11.8. The minimum atomic E-state index is -1.57. The molecule has 5 heteroatoms. The molecule has 15 heavy (non-hydrogen) atoms. The van der Waals surface area contributed by atoms with Crippen molar-refractivity contribution >= 4 is 0 Å². The predicted molar refractivity (Wildman–Crippen MR) is 48.4 cm³/mol. The minimum absolute atomic E-state index is 0.108. The summed E-state index contributed by atoms with van der Waals surface area (Å²) in [6.07, 6.45) is 0. The molecule has 0 aliphatic heterocycles. The van der Waals surface area contributed by atoms with Crippen LogP contribution in [0.25, 0.3) is 0 Å². The van der Waals surface area contributed by atoms with E-state index in [2.05, 4.69) is 4.74 Å². The van der Waals surface area contributed by atoms with Crippen LogP contribution < -0.4 is 4.74 Å². The molecule has 1 rings (SSSR count). The van der Waals surface area contributed by atoms with E-state index in [4.69, 9.17) is 5.11 Å². The maximum atomic E-state index is 13.2. The van der Waals surface area contributed by atoms with Crippen molar-refractivity contribution in [1.29, 1.82) is 0 Å². The maximum absolute atomic E-state index is 13.2. The molecule has 0 heterocycles. The van der Waals surface area contributed by atoms with Crippen LogP contribution in [-0.4, -0.2) is 18.8 Å².